The van der Waals surface area contributed by atoms with E-state index in [0.29, 0.717) is 5.41 Å². The highest BCUT2D eigenvalue weighted by atomic mass is 31.1. The van der Waals surface area contributed by atoms with Crippen molar-refractivity contribution in [2.45, 2.75) is 67.7 Å². The molecule has 0 radical (unpaired) electrons. The van der Waals surface area contributed by atoms with Crippen molar-refractivity contribution in [3.63, 3.8) is 0 Å². The second kappa shape index (κ2) is 7.57. The Hall–Kier alpha value is -0.870. The van der Waals surface area contributed by atoms with Crippen molar-refractivity contribution in [1.29, 1.82) is 0 Å². The highest BCUT2D eigenvalue weighted by molar-refractivity contribution is 7.45. The zero-order valence-electron chi connectivity index (χ0n) is 16.7. The van der Waals surface area contributed by atoms with E-state index in [0.717, 1.165) is 20.9 Å². The Morgan fingerprint density at radius 3 is 2.21 bits per heavy atom. The van der Waals surface area contributed by atoms with Crippen LogP contribution in [0.1, 0.15) is 67.7 Å². The Morgan fingerprint density at radius 1 is 1.00 bits per heavy atom. The molecule has 2 aliphatic carbocycles. The van der Waals surface area contributed by atoms with Crippen molar-refractivity contribution in [3.8, 4) is 0 Å². The maximum atomic E-state index is 2.40. The smallest absolute Gasteiger partial charge is 0.00664 e. The summed E-state index contributed by atoms with van der Waals surface area (Å²) in [5, 5.41) is 0. The Labute approximate surface area is 151 Å². The van der Waals surface area contributed by atoms with Crippen molar-refractivity contribution in [1.82, 2.24) is 0 Å². The summed E-state index contributed by atoms with van der Waals surface area (Å²) in [5.41, 5.74) is 6.65. The third kappa shape index (κ3) is 4.60. The first-order valence-electron chi connectivity index (χ1n) is 9.31. The van der Waals surface area contributed by atoms with Crippen LogP contribution in [-0.2, 0) is 0 Å². The molecule has 0 fully saturated rings. The van der Waals surface area contributed by atoms with Crippen LogP contribution in [0.15, 0.2) is 58.2 Å². The van der Waals surface area contributed by atoms with Gasteiger partial charge in [0.2, 0.25) is 0 Å². The standard InChI is InChI=1S/C23H35P/c1-17-15-19(3)21(23(6,7)16-17)11-14-24-13-10-20-18(2)9-8-12-22(20,4)5/h8-11,13-14,17,24H,12,15-16H2,1-7H3/t17-/m1/s1. The summed E-state index contributed by atoms with van der Waals surface area (Å²) in [6.45, 7) is 16.4. The Bertz CT molecular complexity index is 620. The summed E-state index contributed by atoms with van der Waals surface area (Å²) in [6, 6.07) is 0. The molecule has 0 bridgehead atoms. The largest absolute Gasteiger partial charge is 0.0834 e. The van der Waals surface area contributed by atoms with Gasteiger partial charge in [-0.25, -0.2) is 0 Å². The number of rotatable bonds is 4. The summed E-state index contributed by atoms with van der Waals surface area (Å²) in [6.07, 6.45) is 13.0. The summed E-state index contributed by atoms with van der Waals surface area (Å²) in [5.74, 6) is 5.54. The lowest BCUT2D eigenvalue weighted by molar-refractivity contribution is 0.307. The average molecular weight is 343 g/mol. The van der Waals surface area contributed by atoms with E-state index in [1.165, 1.54) is 24.0 Å². The van der Waals surface area contributed by atoms with Crippen molar-refractivity contribution >= 4 is 8.58 Å². The fraction of sp³-hybridized carbons (Fsp3) is 0.565. The van der Waals surface area contributed by atoms with Gasteiger partial charge in [-0.3, -0.25) is 0 Å². The molecule has 24 heavy (non-hydrogen) atoms. The van der Waals surface area contributed by atoms with Crippen molar-refractivity contribution < 1.29 is 0 Å². The first kappa shape index (κ1) is 19.5. The molecule has 2 rings (SSSR count). The van der Waals surface area contributed by atoms with E-state index in [9.17, 15) is 0 Å². The van der Waals surface area contributed by atoms with Crippen LogP contribution in [-0.4, -0.2) is 0 Å². The van der Waals surface area contributed by atoms with Gasteiger partial charge >= 0.3 is 0 Å². The van der Waals surface area contributed by atoms with Gasteiger partial charge in [0.25, 0.3) is 0 Å². The van der Waals surface area contributed by atoms with Gasteiger partial charge in [-0.05, 0) is 66.6 Å². The van der Waals surface area contributed by atoms with E-state index in [1.807, 2.05) is 0 Å². The fourth-order valence-corrected chi connectivity index (χ4v) is 5.21. The van der Waals surface area contributed by atoms with Gasteiger partial charge in [0.15, 0.2) is 0 Å². The molecule has 0 saturated carbocycles. The second-order valence-corrected chi connectivity index (χ2v) is 10.0. The maximum absolute atomic E-state index is 2.40. The molecular formula is C23H35P. The van der Waals surface area contributed by atoms with Crippen LogP contribution in [0.3, 0.4) is 0 Å². The first-order valence-corrected chi connectivity index (χ1v) is 10.5. The van der Waals surface area contributed by atoms with Crippen LogP contribution in [0.2, 0.25) is 0 Å². The minimum Gasteiger partial charge on any atom is -0.0834 e. The highest BCUT2D eigenvalue weighted by Gasteiger charge is 2.30. The predicted molar refractivity (Wildman–Crippen MR) is 112 cm³/mol. The van der Waals surface area contributed by atoms with Crippen molar-refractivity contribution in [3.05, 3.63) is 58.2 Å². The van der Waals surface area contributed by atoms with Gasteiger partial charge in [0.05, 0.1) is 0 Å². The van der Waals surface area contributed by atoms with Crippen LogP contribution >= 0.6 is 8.58 Å². The molecule has 0 aliphatic heterocycles. The molecule has 1 heteroatoms. The molecule has 132 valence electrons. The van der Waals surface area contributed by atoms with Crippen LogP contribution < -0.4 is 0 Å². The molecular weight excluding hydrogens is 307 g/mol. The number of allylic oxidation sites excluding steroid dienone is 8. The normalized spacial score (nSPS) is 27.4. The lowest BCUT2D eigenvalue weighted by atomic mass is 9.69. The summed E-state index contributed by atoms with van der Waals surface area (Å²) in [7, 11) is 0.753. The zero-order valence-corrected chi connectivity index (χ0v) is 17.7. The maximum Gasteiger partial charge on any atom is -0.00664 e. The van der Waals surface area contributed by atoms with E-state index in [1.54, 1.807) is 11.1 Å². The number of hydrogen-bond acceptors (Lipinski definition) is 0. The molecule has 0 spiro atoms. The molecule has 0 saturated heterocycles. The van der Waals surface area contributed by atoms with Crippen LogP contribution in [0.5, 0.6) is 0 Å². The van der Waals surface area contributed by atoms with Gasteiger partial charge in [-0.1, -0.05) is 84.7 Å². The SMILES string of the molecule is CC1=C(C=CPC=CC2=C(C)C[C@@H](C)CC2(C)C)C(C)(C)CC=C1. The Kier molecular flexibility index (Phi) is 6.14. The third-order valence-corrected chi connectivity index (χ3v) is 6.26. The molecule has 1 unspecified atom stereocenters. The molecule has 2 atom stereocenters. The highest BCUT2D eigenvalue weighted by Crippen LogP contribution is 2.44. The minimum atomic E-state index is 0.268. The fourth-order valence-electron chi connectivity index (χ4n) is 4.57. The molecule has 0 aromatic rings. The van der Waals surface area contributed by atoms with E-state index >= 15 is 0 Å². The second-order valence-electron chi connectivity index (χ2n) is 9.01. The third-order valence-electron chi connectivity index (χ3n) is 5.54. The minimum absolute atomic E-state index is 0.268. The molecule has 0 heterocycles. The van der Waals surface area contributed by atoms with E-state index in [4.69, 9.17) is 0 Å². The molecule has 0 N–H and O–H groups in total. The van der Waals surface area contributed by atoms with Crippen molar-refractivity contribution in [2.24, 2.45) is 16.7 Å². The zero-order chi connectivity index (χ0) is 18.0. The van der Waals surface area contributed by atoms with Gasteiger partial charge in [-0.2, -0.15) is 0 Å². The van der Waals surface area contributed by atoms with Gasteiger partial charge in [-0.15, -0.1) is 0 Å². The molecule has 0 amide bonds. The lowest BCUT2D eigenvalue weighted by Crippen LogP contribution is -2.23. The lowest BCUT2D eigenvalue weighted by Gasteiger charge is -2.36. The van der Waals surface area contributed by atoms with Crippen molar-refractivity contribution in [2.75, 3.05) is 0 Å². The monoisotopic (exact) mass is 342 g/mol. The topological polar surface area (TPSA) is 0 Å². The molecule has 0 aromatic heterocycles. The Morgan fingerprint density at radius 2 is 1.62 bits per heavy atom. The van der Waals surface area contributed by atoms with E-state index < -0.39 is 0 Å². The molecule has 0 nitrogen and oxygen atoms in total. The average Bonchev–Trinajstić information content (AvgIpc) is 2.42. The van der Waals surface area contributed by atoms with Crippen LogP contribution in [0, 0.1) is 16.7 Å². The van der Waals surface area contributed by atoms with Crippen LogP contribution in [0.25, 0.3) is 0 Å². The Balaban J connectivity index is 2.05. The van der Waals surface area contributed by atoms with E-state index in [-0.39, 0.29) is 5.41 Å². The van der Waals surface area contributed by atoms with Gasteiger partial charge in [0, 0.05) is 0 Å². The van der Waals surface area contributed by atoms with Gasteiger partial charge < -0.3 is 0 Å². The molecule has 0 aromatic carbocycles. The predicted octanol–water partition coefficient (Wildman–Crippen LogP) is 7.77. The summed E-state index contributed by atoms with van der Waals surface area (Å²) in [4.78, 5) is 0. The first-order chi connectivity index (χ1) is 11.1. The number of hydrogen-bond donors (Lipinski definition) is 0. The van der Waals surface area contributed by atoms with Crippen LogP contribution in [0.4, 0.5) is 0 Å². The summed E-state index contributed by atoms with van der Waals surface area (Å²) < 4.78 is 0. The summed E-state index contributed by atoms with van der Waals surface area (Å²) >= 11 is 0. The van der Waals surface area contributed by atoms with Gasteiger partial charge in [0.1, 0.15) is 0 Å². The molecule has 2 aliphatic rings. The van der Waals surface area contributed by atoms with E-state index in [2.05, 4.69) is 84.4 Å². The quantitative estimate of drug-likeness (QED) is 0.458.